The number of fused-ring (bicyclic) bond motifs is 1. The van der Waals surface area contributed by atoms with Crippen molar-refractivity contribution in [2.24, 2.45) is 0 Å². The van der Waals surface area contributed by atoms with Gasteiger partial charge in [-0.1, -0.05) is 30.3 Å². The average molecular weight is 450 g/mol. The number of likely N-dealkylation sites (tertiary alicyclic amines) is 1. The maximum atomic E-state index is 10.6. The van der Waals surface area contributed by atoms with Gasteiger partial charge < -0.3 is 14.7 Å². The van der Waals surface area contributed by atoms with Gasteiger partial charge in [0.05, 0.1) is 6.61 Å². The molecular formula is C22H25F3N4O3. The van der Waals surface area contributed by atoms with Crippen LogP contribution in [0.4, 0.5) is 13.2 Å². The Bertz CT molecular complexity index is 1020. The molecular weight excluding hydrogens is 425 g/mol. The standard InChI is InChI=1S/C20H24N4O.C2HF3O2/c1-25-14-13-23-11-9-17(10-12-23)20-21-19-8-7-18(15-24(19)22-20)16-5-3-2-4-6-16;3-2(4,5)1(6)7/h2-8,15,17H,9-14H2,1H3;(H,6,7). The molecule has 10 heteroatoms. The summed E-state index contributed by atoms with van der Waals surface area (Å²) >= 11 is 0. The molecule has 0 aliphatic carbocycles. The summed E-state index contributed by atoms with van der Waals surface area (Å²) in [6, 6.07) is 14.6. The Balaban J connectivity index is 0.000000360. The number of halogens is 3. The average Bonchev–Trinajstić information content (AvgIpc) is 3.22. The van der Waals surface area contributed by atoms with Gasteiger partial charge in [0.25, 0.3) is 0 Å². The van der Waals surface area contributed by atoms with Crippen LogP contribution in [-0.4, -0.2) is 70.1 Å². The number of aromatic nitrogens is 3. The van der Waals surface area contributed by atoms with Crippen LogP contribution >= 0.6 is 0 Å². The maximum absolute atomic E-state index is 10.6. The van der Waals surface area contributed by atoms with Crippen LogP contribution in [0.2, 0.25) is 0 Å². The second-order valence-corrected chi connectivity index (χ2v) is 7.47. The maximum Gasteiger partial charge on any atom is 0.490 e. The van der Waals surface area contributed by atoms with Gasteiger partial charge in [0.15, 0.2) is 11.5 Å². The number of carboxylic acid groups (broad SMARTS) is 1. The summed E-state index contributed by atoms with van der Waals surface area (Å²) in [5.41, 5.74) is 3.29. The number of carbonyl (C=O) groups is 1. The largest absolute Gasteiger partial charge is 0.490 e. The minimum Gasteiger partial charge on any atom is -0.475 e. The van der Waals surface area contributed by atoms with E-state index in [1.807, 2.05) is 10.6 Å². The molecule has 2 aromatic heterocycles. The number of methoxy groups -OCH3 is 1. The molecule has 0 radical (unpaired) electrons. The van der Waals surface area contributed by atoms with Crippen LogP contribution in [0.1, 0.15) is 24.6 Å². The molecule has 0 unspecified atom stereocenters. The Morgan fingerprint density at radius 3 is 2.38 bits per heavy atom. The fraction of sp³-hybridized carbons (Fsp3) is 0.409. The number of hydrogen-bond acceptors (Lipinski definition) is 5. The summed E-state index contributed by atoms with van der Waals surface area (Å²) in [5, 5.41) is 11.9. The second-order valence-electron chi connectivity index (χ2n) is 7.47. The molecule has 4 rings (SSSR count). The van der Waals surface area contributed by atoms with Gasteiger partial charge in [-0.05, 0) is 43.6 Å². The number of rotatable bonds is 5. The first-order valence-electron chi connectivity index (χ1n) is 10.2. The van der Waals surface area contributed by atoms with Gasteiger partial charge in [-0.15, -0.1) is 0 Å². The number of alkyl halides is 3. The molecule has 1 fully saturated rings. The van der Waals surface area contributed by atoms with Gasteiger partial charge in [0.1, 0.15) is 0 Å². The van der Waals surface area contributed by atoms with Crippen molar-refractivity contribution in [2.45, 2.75) is 24.9 Å². The first-order chi connectivity index (χ1) is 15.3. The lowest BCUT2D eigenvalue weighted by molar-refractivity contribution is -0.192. The molecule has 0 amide bonds. The van der Waals surface area contributed by atoms with Gasteiger partial charge in [-0.3, -0.25) is 0 Å². The van der Waals surface area contributed by atoms with Crippen LogP contribution in [0.25, 0.3) is 16.8 Å². The third-order valence-corrected chi connectivity index (χ3v) is 5.26. The number of nitrogens with zero attached hydrogens (tertiary/aromatic N) is 4. The van der Waals surface area contributed by atoms with Crippen LogP contribution < -0.4 is 0 Å². The number of piperidine rings is 1. The van der Waals surface area contributed by atoms with E-state index in [2.05, 4.69) is 47.5 Å². The molecule has 1 N–H and O–H groups in total. The Morgan fingerprint density at radius 2 is 1.78 bits per heavy atom. The predicted molar refractivity (Wildman–Crippen MR) is 112 cm³/mol. The highest BCUT2D eigenvalue weighted by molar-refractivity contribution is 5.73. The molecule has 3 heterocycles. The molecule has 1 aliphatic heterocycles. The van der Waals surface area contributed by atoms with Gasteiger partial charge in [-0.25, -0.2) is 14.3 Å². The summed E-state index contributed by atoms with van der Waals surface area (Å²) in [4.78, 5) is 16.1. The van der Waals surface area contributed by atoms with E-state index < -0.39 is 12.1 Å². The van der Waals surface area contributed by atoms with E-state index >= 15 is 0 Å². The SMILES string of the molecule is COCCN1CCC(c2nc3ccc(-c4ccccc4)cn3n2)CC1.O=C(O)C(F)(F)F. The number of benzene rings is 1. The van der Waals surface area contributed by atoms with Gasteiger partial charge in [0.2, 0.25) is 0 Å². The first kappa shape index (κ1) is 23.7. The van der Waals surface area contributed by atoms with Crippen molar-refractivity contribution in [3.8, 4) is 11.1 Å². The molecule has 7 nitrogen and oxygen atoms in total. The van der Waals surface area contributed by atoms with Crippen LogP contribution in [0.3, 0.4) is 0 Å². The first-order valence-corrected chi connectivity index (χ1v) is 10.2. The zero-order chi connectivity index (χ0) is 23.1. The molecule has 1 aromatic carbocycles. The summed E-state index contributed by atoms with van der Waals surface area (Å²) in [5.74, 6) is -1.32. The highest BCUT2D eigenvalue weighted by Gasteiger charge is 2.38. The molecule has 172 valence electrons. The lowest BCUT2D eigenvalue weighted by Gasteiger charge is -2.30. The molecule has 3 aromatic rings. The van der Waals surface area contributed by atoms with Crippen molar-refractivity contribution in [1.82, 2.24) is 19.5 Å². The van der Waals surface area contributed by atoms with E-state index in [1.54, 1.807) is 7.11 Å². The number of hydrogen-bond donors (Lipinski definition) is 1. The minimum atomic E-state index is -5.08. The molecule has 1 saturated heterocycles. The third kappa shape index (κ3) is 6.27. The normalized spacial score (nSPS) is 15.4. The highest BCUT2D eigenvalue weighted by atomic mass is 19.4. The minimum absolute atomic E-state index is 0.457. The van der Waals surface area contributed by atoms with Crippen molar-refractivity contribution >= 4 is 11.6 Å². The van der Waals surface area contributed by atoms with E-state index in [0.29, 0.717) is 5.92 Å². The Labute approximate surface area is 183 Å². The van der Waals surface area contributed by atoms with Crippen LogP contribution in [0.5, 0.6) is 0 Å². The summed E-state index contributed by atoms with van der Waals surface area (Å²) in [7, 11) is 1.76. The fourth-order valence-corrected chi connectivity index (χ4v) is 3.51. The fourth-order valence-electron chi connectivity index (χ4n) is 3.51. The number of carboxylic acids is 1. The summed E-state index contributed by atoms with van der Waals surface area (Å²) < 4.78 is 38.8. The van der Waals surface area contributed by atoms with E-state index in [4.69, 9.17) is 24.7 Å². The van der Waals surface area contributed by atoms with Crippen molar-refractivity contribution in [3.05, 3.63) is 54.5 Å². The second kappa shape index (κ2) is 10.6. The number of aliphatic carboxylic acids is 1. The molecule has 32 heavy (non-hydrogen) atoms. The highest BCUT2D eigenvalue weighted by Crippen LogP contribution is 2.27. The van der Waals surface area contributed by atoms with Crippen molar-refractivity contribution in [2.75, 3.05) is 33.4 Å². The monoisotopic (exact) mass is 450 g/mol. The topological polar surface area (TPSA) is 80.0 Å². The lowest BCUT2D eigenvalue weighted by Crippen LogP contribution is -2.35. The summed E-state index contributed by atoms with van der Waals surface area (Å²) in [6.45, 7) is 4.01. The molecule has 1 aliphatic rings. The van der Waals surface area contributed by atoms with Crippen LogP contribution in [-0.2, 0) is 9.53 Å². The van der Waals surface area contributed by atoms with Crippen molar-refractivity contribution in [1.29, 1.82) is 0 Å². The van der Waals surface area contributed by atoms with Crippen molar-refractivity contribution in [3.63, 3.8) is 0 Å². The number of pyridine rings is 1. The summed E-state index contributed by atoms with van der Waals surface area (Å²) in [6.07, 6.45) is -0.771. The molecule has 0 saturated carbocycles. The smallest absolute Gasteiger partial charge is 0.475 e. The van der Waals surface area contributed by atoms with Crippen LogP contribution in [0.15, 0.2) is 48.7 Å². The quantitative estimate of drug-likeness (QED) is 0.636. The Kier molecular flexibility index (Phi) is 7.81. The molecule has 0 atom stereocenters. The van der Waals surface area contributed by atoms with Gasteiger partial charge in [-0.2, -0.15) is 18.3 Å². The van der Waals surface area contributed by atoms with E-state index in [9.17, 15) is 13.2 Å². The van der Waals surface area contributed by atoms with Gasteiger partial charge >= 0.3 is 12.1 Å². The predicted octanol–water partition coefficient (Wildman–Crippen LogP) is 3.86. The van der Waals surface area contributed by atoms with E-state index in [1.165, 1.54) is 11.1 Å². The third-order valence-electron chi connectivity index (χ3n) is 5.26. The van der Waals surface area contributed by atoms with Crippen molar-refractivity contribution < 1.29 is 27.8 Å². The molecule has 0 bridgehead atoms. The van der Waals surface area contributed by atoms with E-state index in [0.717, 1.165) is 50.6 Å². The Morgan fingerprint density at radius 1 is 1.12 bits per heavy atom. The lowest BCUT2D eigenvalue weighted by atomic mass is 9.96. The Hall–Kier alpha value is -2.98. The van der Waals surface area contributed by atoms with E-state index in [-0.39, 0.29) is 0 Å². The molecule has 0 spiro atoms. The zero-order valence-corrected chi connectivity index (χ0v) is 17.6. The van der Waals surface area contributed by atoms with Crippen LogP contribution in [0, 0.1) is 0 Å². The number of ether oxygens (including phenoxy) is 1. The van der Waals surface area contributed by atoms with Gasteiger partial charge in [0, 0.05) is 31.3 Å². The zero-order valence-electron chi connectivity index (χ0n) is 17.6.